The number of rotatable bonds is 4. The Kier molecular flexibility index (Phi) is 3.80. The van der Waals surface area contributed by atoms with Gasteiger partial charge in [0.25, 0.3) is 5.91 Å². The molecule has 0 aliphatic rings. The van der Waals surface area contributed by atoms with Gasteiger partial charge < -0.3 is 15.0 Å². The molecule has 0 aliphatic heterocycles. The summed E-state index contributed by atoms with van der Waals surface area (Å²) in [4.78, 5) is 27.1. The highest BCUT2D eigenvalue weighted by atomic mass is 16.4. The number of nitrogens with one attached hydrogen (secondary N) is 1. The summed E-state index contributed by atoms with van der Waals surface area (Å²) in [6, 6.07) is 6.78. The van der Waals surface area contributed by atoms with E-state index in [4.69, 9.17) is 0 Å². The van der Waals surface area contributed by atoms with E-state index in [1.54, 1.807) is 56.1 Å². The van der Waals surface area contributed by atoms with Gasteiger partial charge in [0.05, 0.1) is 17.9 Å². The summed E-state index contributed by atoms with van der Waals surface area (Å²) >= 11 is 0. The third-order valence-electron chi connectivity index (χ3n) is 3.45. The van der Waals surface area contributed by atoms with Crippen molar-refractivity contribution in [3.63, 3.8) is 0 Å². The summed E-state index contributed by atoms with van der Waals surface area (Å²) in [5, 5.41) is 11.9. The summed E-state index contributed by atoms with van der Waals surface area (Å²) in [7, 11) is 1.74. The van der Waals surface area contributed by atoms with Crippen LogP contribution in [-0.2, 0) is 17.3 Å². The molecular weight excluding hydrogens is 270 g/mol. The second-order valence-corrected chi connectivity index (χ2v) is 5.35. The normalized spacial score (nSPS) is 11.2. The summed E-state index contributed by atoms with van der Waals surface area (Å²) in [6.07, 6.45) is 3.03. The molecule has 6 nitrogen and oxygen atoms in total. The summed E-state index contributed by atoms with van der Waals surface area (Å²) in [6.45, 7) is 3.27. The molecule has 2 aromatic rings. The lowest BCUT2D eigenvalue weighted by molar-refractivity contribution is -0.142. The predicted octanol–water partition coefficient (Wildman–Crippen LogP) is 2.03. The predicted molar refractivity (Wildman–Crippen MR) is 78.3 cm³/mol. The number of benzene rings is 1. The quantitative estimate of drug-likeness (QED) is 0.901. The van der Waals surface area contributed by atoms with Crippen LogP contribution in [0.3, 0.4) is 0 Å². The number of imidazole rings is 1. The highest BCUT2D eigenvalue weighted by molar-refractivity contribution is 6.02. The summed E-state index contributed by atoms with van der Waals surface area (Å²) < 4.78 is 1.62. The molecule has 21 heavy (non-hydrogen) atoms. The molecule has 110 valence electrons. The average Bonchev–Trinajstić information content (AvgIpc) is 2.85. The van der Waals surface area contributed by atoms with Gasteiger partial charge >= 0.3 is 5.97 Å². The fraction of sp³-hybridized carbons (Fsp3) is 0.267. The van der Waals surface area contributed by atoms with Crippen LogP contribution < -0.4 is 5.32 Å². The minimum atomic E-state index is -0.968. The number of carboxylic acids is 1. The zero-order valence-electron chi connectivity index (χ0n) is 12.1. The largest absolute Gasteiger partial charge is 0.481 e. The van der Waals surface area contributed by atoms with Crippen LogP contribution in [0.25, 0.3) is 0 Å². The van der Waals surface area contributed by atoms with Crippen molar-refractivity contribution in [2.24, 2.45) is 7.05 Å². The smallest absolute Gasteiger partial charge is 0.313 e. The number of aliphatic carboxylic acids is 1. The van der Waals surface area contributed by atoms with Crippen molar-refractivity contribution in [1.82, 2.24) is 9.55 Å². The third-order valence-corrected chi connectivity index (χ3v) is 3.45. The van der Waals surface area contributed by atoms with Crippen LogP contribution >= 0.6 is 0 Å². The van der Waals surface area contributed by atoms with E-state index in [0.717, 1.165) is 0 Å². The number of aryl methyl sites for hydroxylation is 1. The number of carbonyl (C=O) groups excluding carboxylic acids is 1. The van der Waals surface area contributed by atoms with Crippen LogP contribution in [0.2, 0.25) is 0 Å². The van der Waals surface area contributed by atoms with Gasteiger partial charge in [-0.25, -0.2) is 4.98 Å². The maximum absolute atomic E-state index is 12.0. The Labute approximate surface area is 122 Å². The van der Waals surface area contributed by atoms with Gasteiger partial charge in [-0.1, -0.05) is 12.1 Å². The van der Waals surface area contributed by atoms with Crippen LogP contribution in [0.4, 0.5) is 5.69 Å². The molecule has 0 unspecified atom stereocenters. The Morgan fingerprint density at radius 2 is 1.86 bits per heavy atom. The Hall–Kier alpha value is -2.63. The molecule has 1 aromatic carbocycles. The second kappa shape index (κ2) is 5.40. The summed E-state index contributed by atoms with van der Waals surface area (Å²) in [5.74, 6) is -1.16. The van der Waals surface area contributed by atoms with Crippen molar-refractivity contribution in [2.45, 2.75) is 19.3 Å². The number of nitrogens with zero attached hydrogens (tertiary/aromatic N) is 2. The van der Waals surface area contributed by atoms with E-state index in [0.29, 0.717) is 16.9 Å². The van der Waals surface area contributed by atoms with Crippen molar-refractivity contribution in [3.05, 3.63) is 48.0 Å². The Morgan fingerprint density at radius 3 is 2.33 bits per heavy atom. The van der Waals surface area contributed by atoms with Crippen LogP contribution in [0.5, 0.6) is 0 Å². The Balaban J connectivity index is 2.15. The fourth-order valence-electron chi connectivity index (χ4n) is 1.86. The molecule has 0 radical (unpaired) electrons. The van der Waals surface area contributed by atoms with Gasteiger partial charge in [0.1, 0.15) is 5.69 Å². The molecule has 1 aromatic heterocycles. The number of carbonyl (C=O) groups is 2. The van der Waals surface area contributed by atoms with Gasteiger partial charge in [0.15, 0.2) is 0 Å². The molecular formula is C15H17N3O3. The molecule has 2 N–H and O–H groups in total. The van der Waals surface area contributed by atoms with E-state index in [1.807, 2.05) is 0 Å². The van der Waals surface area contributed by atoms with Gasteiger partial charge in [-0.2, -0.15) is 0 Å². The van der Waals surface area contributed by atoms with Crippen molar-refractivity contribution in [1.29, 1.82) is 0 Å². The third kappa shape index (κ3) is 2.94. The molecule has 0 saturated carbocycles. The van der Waals surface area contributed by atoms with Crippen molar-refractivity contribution >= 4 is 17.6 Å². The van der Waals surface area contributed by atoms with Crippen LogP contribution in [0, 0.1) is 0 Å². The summed E-state index contributed by atoms with van der Waals surface area (Å²) in [5.41, 5.74) is 0.759. The first kappa shape index (κ1) is 14.8. The van der Waals surface area contributed by atoms with Crippen molar-refractivity contribution < 1.29 is 14.7 Å². The van der Waals surface area contributed by atoms with E-state index < -0.39 is 11.4 Å². The zero-order chi connectivity index (χ0) is 15.6. The molecule has 1 heterocycles. The highest BCUT2D eigenvalue weighted by Gasteiger charge is 2.29. The number of aromatic nitrogens is 2. The van der Waals surface area contributed by atoms with E-state index in [1.165, 1.54) is 6.20 Å². The van der Waals surface area contributed by atoms with Crippen LogP contribution in [0.15, 0.2) is 36.8 Å². The maximum atomic E-state index is 12.0. The Morgan fingerprint density at radius 1 is 1.24 bits per heavy atom. The molecule has 0 aliphatic carbocycles. The minimum Gasteiger partial charge on any atom is -0.481 e. The van der Waals surface area contributed by atoms with E-state index in [2.05, 4.69) is 10.3 Å². The first-order chi connectivity index (χ1) is 9.82. The molecule has 0 atom stereocenters. The number of amides is 1. The number of hydrogen-bond donors (Lipinski definition) is 2. The van der Waals surface area contributed by atoms with E-state index in [-0.39, 0.29) is 5.91 Å². The van der Waals surface area contributed by atoms with Gasteiger partial charge in [-0.05, 0) is 31.5 Å². The topological polar surface area (TPSA) is 84.2 Å². The van der Waals surface area contributed by atoms with Gasteiger partial charge in [-0.3, -0.25) is 9.59 Å². The molecule has 0 spiro atoms. The molecule has 0 fully saturated rings. The van der Waals surface area contributed by atoms with Crippen molar-refractivity contribution in [3.8, 4) is 0 Å². The lowest BCUT2D eigenvalue weighted by Gasteiger charge is -2.19. The fourth-order valence-corrected chi connectivity index (χ4v) is 1.86. The molecule has 6 heteroatoms. The van der Waals surface area contributed by atoms with Gasteiger partial charge in [0.2, 0.25) is 0 Å². The highest BCUT2D eigenvalue weighted by Crippen LogP contribution is 2.24. The molecule has 2 rings (SSSR count). The number of anilines is 1. The Bertz CT molecular complexity index is 672. The van der Waals surface area contributed by atoms with Gasteiger partial charge in [0, 0.05) is 12.7 Å². The number of hydrogen-bond acceptors (Lipinski definition) is 3. The van der Waals surface area contributed by atoms with Gasteiger partial charge in [-0.15, -0.1) is 0 Å². The van der Waals surface area contributed by atoms with Crippen molar-refractivity contribution in [2.75, 3.05) is 5.32 Å². The minimum absolute atomic E-state index is 0.264. The molecule has 1 amide bonds. The number of carboxylic acid groups (broad SMARTS) is 1. The second-order valence-electron chi connectivity index (χ2n) is 5.35. The van der Waals surface area contributed by atoms with Crippen LogP contribution in [0.1, 0.15) is 29.9 Å². The van der Waals surface area contributed by atoms with E-state index in [9.17, 15) is 14.7 Å². The monoisotopic (exact) mass is 287 g/mol. The van der Waals surface area contributed by atoms with Crippen LogP contribution in [-0.4, -0.2) is 26.5 Å². The first-order valence-electron chi connectivity index (χ1n) is 6.44. The first-order valence-corrected chi connectivity index (χ1v) is 6.44. The van der Waals surface area contributed by atoms with E-state index >= 15 is 0 Å². The SMILES string of the molecule is Cn1cncc1C(=O)Nc1ccc(C(C)(C)C(=O)O)cc1. The maximum Gasteiger partial charge on any atom is 0.313 e. The molecule has 0 saturated heterocycles. The average molecular weight is 287 g/mol. The lowest BCUT2D eigenvalue weighted by Crippen LogP contribution is -2.28. The zero-order valence-corrected chi connectivity index (χ0v) is 12.1. The lowest BCUT2D eigenvalue weighted by atomic mass is 9.85. The molecule has 0 bridgehead atoms. The standard InChI is InChI=1S/C15H17N3O3/c1-15(2,14(20)21)10-4-6-11(7-5-10)17-13(19)12-8-16-9-18(12)3/h4-9H,1-3H3,(H,17,19)(H,20,21).